The van der Waals surface area contributed by atoms with E-state index in [4.69, 9.17) is 9.84 Å². The molecule has 1 N–H and O–H groups in total. The van der Waals surface area contributed by atoms with Crippen LogP contribution in [0.4, 0.5) is 0 Å². The first-order valence-corrected chi connectivity index (χ1v) is 7.48. The summed E-state index contributed by atoms with van der Waals surface area (Å²) in [6.45, 7) is 0.262. The zero-order valence-corrected chi connectivity index (χ0v) is 10.9. The normalized spacial score (nSPS) is 17.0. The predicted molar refractivity (Wildman–Crippen MR) is 72.8 cm³/mol. The highest BCUT2D eigenvalue weighted by molar-refractivity contribution is 7.99. The highest BCUT2D eigenvalue weighted by atomic mass is 32.2. The highest BCUT2D eigenvalue weighted by Gasteiger charge is 2.14. The molecule has 3 heteroatoms. The molecule has 0 unspecified atom stereocenters. The van der Waals surface area contributed by atoms with E-state index in [1.165, 1.54) is 17.1 Å². The average Bonchev–Trinajstić information content (AvgIpc) is 2.39. The van der Waals surface area contributed by atoms with Crippen LogP contribution in [-0.2, 0) is 6.42 Å². The van der Waals surface area contributed by atoms with Crippen molar-refractivity contribution >= 4 is 11.8 Å². The molecular formula is C14H20O2S. The van der Waals surface area contributed by atoms with Crippen molar-refractivity contribution < 1.29 is 9.84 Å². The molecule has 0 spiro atoms. The van der Waals surface area contributed by atoms with Gasteiger partial charge in [-0.25, -0.2) is 0 Å². The standard InChI is InChI=1S/C14H20O2S/c15-9-1-2-12-3-5-13(6-4-12)16-14-7-10-17-11-8-14/h3-6,14-15H,1-2,7-11H2. The minimum atomic E-state index is 0.262. The number of thioether (sulfide) groups is 1. The highest BCUT2D eigenvalue weighted by Crippen LogP contribution is 2.23. The topological polar surface area (TPSA) is 29.5 Å². The number of aliphatic hydroxyl groups excluding tert-OH is 1. The van der Waals surface area contributed by atoms with Gasteiger partial charge in [0.1, 0.15) is 11.9 Å². The molecule has 0 amide bonds. The predicted octanol–water partition coefficient (Wildman–Crippen LogP) is 2.89. The lowest BCUT2D eigenvalue weighted by Gasteiger charge is -2.22. The lowest BCUT2D eigenvalue weighted by Crippen LogP contribution is -2.21. The summed E-state index contributed by atoms with van der Waals surface area (Å²) in [4.78, 5) is 0. The van der Waals surface area contributed by atoms with Gasteiger partial charge in [0.05, 0.1) is 0 Å². The number of ether oxygens (including phenoxy) is 1. The molecule has 2 nitrogen and oxygen atoms in total. The first kappa shape index (κ1) is 12.8. The van der Waals surface area contributed by atoms with Crippen molar-refractivity contribution in [2.75, 3.05) is 18.1 Å². The molecule has 0 radical (unpaired) electrons. The van der Waals surface area contributed by atoms with Gasteiger partial charge in [-0.15, -0.1) is 0 Å². The molecule has 0 bridgehead atoms. The van der Waals surface area contributed by atoms with E-state index in [1.807, 2.05) is 11.8 Å². The average molecular weight is 252 g/mol. The van der Waals surface area contributed by atoms with Gasteiger partial charge in [0, 0.05) is 6.61 Å². The fourth-order valence-corrected chi connectivity index (χ4v) is 3.07. The maximum Gasteiger partial charge on any atom is 0.119 e. The molecule has 1 saturated heterocycles. The Morgan fingerprint density at radius 3 is 2.53 bits per heavy atom. The van der Waals surface area contributed by atoms with Gasteiger partial charge in [0.2, 0.25) is 0 Å². The third kappa shape index (κ3) is 4.25. The van der Waals surface area contributed by atoms with E-state index >= 15 is 0 Å². The van der Waals surface area contributed by atoms with Crippen molar-refractivity contribution in [2.45, 2.75) is 31.8 Å². The summed E-state index contributed by atoms with van der Waals surface area (Å²) in [6.07, 6.45) is 4.50. The maximum atomic E-state index is 8.77. The zero-order chi connectivity index (χ0) is 11.9. The Balaban J connectivity index is 1.84. The van der Waals surface area contributed by atoms with E-state index in [0.717, 1.165) is 31.4 Å². The van der Waals surface area contributed by atoms with Crippen LogP contribution in [0.3, 0.4) is 0 Å². The van der Waals surface area contributed by atoms with Crippen LogP contribution in [0.25, 0.3) is 0 Å². The zero-order valence-electron chi connectivity index (χ0n) is 10.1. The third-order valence-electron chi connectivity index (χ3n) is 3.02. The first-order valence-electron chi connectivity index (χ1n) is 6.32. The van der Waals surface area contributed by atoms with E-state index in [1.54, 1.807) is 0 Å². The van der Waals surface area contributed by atoms with Crippen molar-refractivity contribution in [1.82, 2.24) is 0 Å². The summed E-state index contributed by atoms with van der Waals surface area (Å²) in [6, 6.07) is 8.30. The van der Waals surface area contributed by atoms with Gasteiger partial charge in [-0.05, 0) is 54.9 Å². The number of aryl methyl sites for hydroxylation is 1. The second-order valence-electron chi connectivity index (χ2n) is 4.40. The van der Waals surface area contributed by atoms with E-state index in [-0.39, 0.29) is 6.61 Å². The second kappa shape index (κ2) is 6.92. The Bertz CT molecular complexity index is 317. The molecule has 0 atom stereocenters. The van der Waals surface area contributed by atoms with Crippen molar-refractivity contribution in [3.63, 3.8) is 0 Å². The van der Waals surface area contributed by atoms with Crippen molar-refractivity contribution in [1.29, 1.82) is 0 Å². The molecule has 1 aromatic rings. The third-order valence-corrected chi connectivity index (χ3v) is 4.07. The van der Waals surface area contributed by atoms with Crippen LogP contribution < -0.4 is 4.74 Å². The minimum absolute atomic E-state index is 0.262. The Labute approximate surface area is 107 Å². The molecule has 0 aromatic heterocycles. The van der Waals surface area contributed by atoms with Gasteiger partial charge in [-0.2, -0.15) is 11.8 Å². The van der Waals surface area contributed by atoms with Gasteiger partial charge in [-0.3, -0.25) is 0 Å². The van der Waals surface area contributed by atoms with E-state index in [2.05, 4.69) is 24.3 Å². The maximum absolute atomic E-state index is 8.77. The summed E-state index contributed by atoms with van der Waals surface area (Å²) in [5.74, 6) is 3.42. The summed E-state index contributed by atoms with van der Waals surface area (Å²) in [7, 11) is 0. The summed E-state index contributed by atoms with van der Waals surface area (Å²) < 4.78 is 5.95. The fourth-order valence-electron chi connectivity index (χ4n) is 2.00. The Morgan fingerprint density at radius 1 is 1.18 bits per heavy atom. The summed E-state index contributed by atoms with van der Waals surface area (Å²) in [5, 5.41) is 8.77. The molecule has 17 heavy (non-hydrogen) atoms. The Kier molecular flexibility index (Phi) is 5.20. The van der Waals surface area contributed by atoms with Gasteiger partial charge in [0.25, 0.3) is 0 Å². The lowest BCUT2D eigenvalue weighted by atomic mass is 10.1. The Hall–Kier alpha value is -0.670. The van der Waals surface area contributed by atoms with Crippen LogP contribution in [0, 0.1) is 0 Å². The molecular weight excluding hydrogens is 232 g/mol. The molecule has 1 aliphatic rings. The summed E-state index contributed by atoms with van der Waals surface area (Å²) >= 11 is 2.02. The smallest absolute Gasteiger partial charge is 0.119 e. The minimum Gasteiger partial charge on any atom is -0.490 e. The molecule has 1 heterocycles. The monoisotopic (exact) mass is 252 g/mol. The lowest BCUT2D eigenvalue weighted by molar-refractivity contribution is 0.192. The van der Waals surface area contributed by atoms with Crippen molar-refractivity contribution in [3.8, 4) is 5.75 Å². The van der Waals surface area contributed by atoms with E-state index in [0.29, 0.717) is 6.10 Å². The number of aliphatic hydroxyl groups is 1. The molecule has 1 fully saturated rings. The molecule has 94 valence electrons. The molecule has 2 rings (SSSR count). The van der Waals surface area contributed by atoms with Gasteiger partial charge in [0.15, 0.2) is 0 Å². The molecule has 1 aliphatic heterocycles. The molecule has 1 aromatic carbocycles. The van der Waals surface area contributed by atoms with Crippen LogP contribution in [0.2, 0.25) is 0 Å². The molecule has 0 saturated carbocycles. The van der Waals surface area contributed by atoms with Crippen LogP contribution in [0.15, 0.2) is 24.3 Å². The number of benzene rings is 1. The molecule has 0 aliphatic carbocycles. The SMILES string of the molecule is OCCCc1ccc(OC2CCSCC2)cc1. The van der Waals surface area contributed by atoms with Crippen molar-refractivity contribution in [2.24, 2.45) is 0 Å². The van der Waals surface area contributed by atoms with Crippen LogP contribution in [0.1, 0.15) is 24.8 Å². The number of rotatable bonds is 5. The Morgan fingerprint density at radius 2 is 1.88 bits per heavy atom. The van der Waals surface area contributed by atoms with Gasteiger partial charge < -0.3 is 9.84 Å². The van der Waals surface area contributed by atoms with Crippen LogP contribution in [0.5, 0.6) is 5.75 Å². The van der Waals surface area contributed by atoms with Crippen LogP contribution >= 0.6 is 11.8 Å². The van der Waals surface area contributed by atoms with Gasteiger partial charge >= 0.3 is 0 Å². The first-order chi connectivity index (χ1) is 8.38. The van der Waals surface area contributed by atoms with E-state index < -0.39 is 0 Å². The van der Waals surface area contributed by atoms with E-state index in [9.17, 15) is 0 Å². The fraction of sp³-hybridized carbons (Fsp3) is 0.571. The van der Waals surface area contributed by atoms with Gasteiger partial charge in [-0.1, -0.05) is 12.1 Å². The number of hydrogen-bond donors (Lipinski definition) is 1. The largest absolute Gasteiger partial charge is 0.490 e. The summed E-state index contributed by atoms with van der Waals surface area (Å²) in [5.41, 5.74) is 1.27. The van der Waals surface area contributed by atoms with Crippen molar-refractivity contribution in [3.05, 3.63) is 29.8 Å². The van der Waals surface area contributed by atoms with Crippen LogP contribution in [-0.4, -0.2) is 29.3 Å². The second-order valence-corrected chi connectivity index (χ2v) is 5.63. The quantitative estimate of drug-likeness (QED) is 0.874. The number of hydrogen-bond acceptors (Lipinski definition) is 3.